The van der Waals surface area contributed by atoms with Crippen molar-refractivity contribution in [2.45, 2.75) is 61.0 Å². The predicted octanol–water partition coefficient (Wildman–Crippen LogP) is 5.09. The maximum absolute atomic E-state index is 12.3. The first-order chi connectivity index (χ1) is 13.3. The van der Waals surface area contributed by atoms with E-state index in [-0.39, 0.29) is 12.0 Å². The van der Waals surface area contributed by atoms with Crippen molar-refractivity contribution < 1.29 is 18.7 Å². The molecule has 0 saturated heterocycles. The molecule has 0 atom stereocenters. The summed E-state index contributed by atoms with van der Waals surface area (Å²) in [5.74, 6) is 1.57. The maximum atomic E-state index is 12.3. The summed E-state index contributed by atoms with van der Waals surface area (Å²) in [6, 6.07) is 2.06. The Kier molecular flexibility index (Phi) is 7.69. The zero-order valence-corrected chi connectivity index (χ0v) is 18.2. The summed E-state index contributed by atoms with van der Waals surface area (Å²) in [5, 5.41) is 3.98. The molecule has 154 valence electrons. The van der Waals surface area contributed by atoms with Gasteiger partial charge in [-0.05, 0) is 72.1 Å². The molecular formula is C23H33NO4. The molecule has 0 aliphatic carbocycles. The van der Waals surface area contributed by atoms with E-state index in [2.05, 4.69) is 18.3 Å². The van der Waals surface area contributed by atoms with Crippen LogP contribution < -0.4 is 10.1 Å². The number of allylic oxidation sites excluding steroid dienone is 1. The quantitative estimate of drug-likeness (QED) is 0.481. The number of rotatable bonds is 9. The SMILES string of the molecule is CCOc1c(/C(C)=C/C(=O)NCCCOC(C)C)cc2c(C)c(C)oc2c1C. The van der Waals surface area contributed by atoms with Crippen molar-refractivity contribution >= 4 is 22.4 Å². The zero-order valence-electron chi connectivity index (χ0n) is 18.2. The molecule has 2 aromatic rings. The molecule has 1 amide bonds. The third-order valence-corrected chi connectivity index (χ3v) is 4.78. The standard InChI is InChI=1S/C23H33NO4/c1-8-26-22-17(6)23-20(16(5)18(7)28-23)13-19(22)15(4)12-21(25)24-10-9-11-27-14(2)3/h12-14H,8-11H2,1-7H3,(H,24,25)/b15-12+. The first-order valence-electron chi connectivity index (χ1n) is 10.00. The number of hydrogen-bond donors (Lipinski definition) is 1. The van der Waals surface area contributed by atoms with Crippen LogP contribution >= 0.6 is 0 Å². The molecule has 1 aromatic carbocycles. The van der Waals surface area contributed by atoms with Gasteiger partial charge < -0.3 is 19.2 Å². The van der Waals surface area contributed by atoms with Crippen LogP contribution in [-0.4, -0.2) is 31.8 Å². The minimum Gasteiger partial charge on any atom is -0.493 e. The summed E-state index contributed by atoms with van der Waals surface area (Å²) < 4.78 is 17.3. The van der Waals surface area contributed by atoms with Gasteiger partial charge in [0.25, 0.3) is 0 Å². The van der Waals surface area contributed by atoms with Gasteiger partial charge in [0.2, 0.25) is 5.91 Å². The number of benzene rings is 1. The van der Waals surface area contributed by atoms with Crippen molar-refractivity contribution in [2.75, 3.05) is 19.8 Å². The monoisotopic (exact) mass is 387 g/mol. The van der Waals surface area contributed by atoms with Crippen molar-refractivity contribution in [1.82, 2.24) is 5.32 Å². The molecule has 0 aliphatic heterocycles. The highest BCUT2D eigenvalue weighted by Gasteiger charge is 2.18. The molecule has 0 fully saturated rings. The van der Waals surface area contributed by atoms with Gasteiger partial charge in [-0.15, -0.1) is 0 Å². The average molecular weight is 388 g/mol. The Morgan fingerprint density at radius 3 is 2.61 bits per heavy atom. The molecule has 1 N–H and O–H groups in total. The highest BCUT2D eigenvalue weighted by atomic mass is 16.5. The Morgan fingerprint density at radius 1 is 1.25 bits per heavy atom. The molecule has 0 spiro atoms. The third kappa shape index (κ3) is 5.16. The molecule has 5 nitrogen and oxygen atoms in total. The van der Waals surface area contributed by atoms with E-state index >= 15 is 0 Å². The van der Waals surface area contributed by atoms with Gasteiger partial charge in [0.05, 0.1) is 12.7 Å². The molecule has 0 bridgehead atoms. The maximum Gasteiger partial charge on any atom is 0.244 e. The molecule has 28 heavy (non-hydrogen) atoms. The minimum absolute atomic E-state index is 0.109. The molecule has 0 unspecified atom stereocenters. The second kappa shape index (κ2) is 9.78. The fourth-order valence-electron chi connectivity index (χ4n) is 3.16. The van der Waals surface area contributed by atoms with Crippen molar-refractivity contribution in [2.24, 2.45) is 0 Å². The van der Waals surface area contributed by atoms with E-state index in [9.17, 15) is 4.79 Å². The average Bonchev–Trinajstić information content (AvgIpc) is 2.91. The number of carbonyl (C=O) groups is 1. The van der Waals surface area contributed by atoms with Gasteiger partial charge in [-0.25, -0.2) is 0 Å². The lowest BCUT2D eigenvalue weighted by Crippen LogP contribution is -2.23. The molecule has 0 radical (unpaired) electrons. The minimum atomic E-state index is -0.109. The first-order valence-corrected chi connectivity index (χ1v) is 10.00. The van der Waals surface area contributed by atoms with E-state index < -0.39 is 0 Å². The van der Waals surface area contributed by atoms with E-state index in [0.29, 0.717) is 19.8 Å². The van der Waals surface area contributed by atoms with Crippen LogP contribution in [0.3, 0.4) is 0 Å². The fraction of sp³-hybridized carbons (Fsp3) is 0.522. The van der Waals surface area contributed by atoms with E-state index in [4.69, 9.17) is 13.9 Å². The number of hydrogen-bond acceptors (Lipinski definition) is 4. The Balaban J connectivity index is 2.24. The summed E-state index contributed by atoms with van der Waals surface area (Å²) >= 11 is 0. The lowest BCUT2D eigenvalue weighted by molar-refractivity contribution is -0.116. The van der Waals surface area contributed by atoms with Gasteiger partial charge in [-0.1, -0.05) is 0 Å². The van der Waals surface area contributed by atoms with Crippen LogP contribution in [0.4, 0.5) is 0 Å². The topological polar surface area (TPSA) is 60.7 Å². The van der Waals surface area contributed by atoms with Crippen LogP contribution in [0.25, 0.3) is 16.5 Å². The largest absolute Gasteiger partial charge is 0.493 e. The van der Waals surface area contributed by atoms with Gasteiger partial charge in [0.1, 0.15) is 17.1 Å². The highest BCUT2D eigenvalue weighted by molar-refractivity contribution is 5.98. The van der Waals surface area contributed by atoms with Gasteiger partial charge in [-0.3, -0.25) is 4.79 Å². The lowest BCUT2D eigenvalue weighted by atomic mass is 9.98. The second-order valence-corrected chi connectivity index (χ2v) is 7.36. The Labute approximate surface area is 168 Å². The Morgan fingerprint density at radius 2 is 1.96 bits per heavy atom. The van der Waals surface area contributed by atoms with E-state index in [1.807, 2.05) is 41.5 Å². The molecule has 1 heterocycles. The summed E-state index contributed by atoms with van der Waals surface area (Å²) in [5.41, 5.74) is 4.72. The number of nitrogens with one attached hydrogen (secondary N) is 1. The van der Waals surface area contributed by atoms with Crippen LogP contribution in [0.15, 0.2) is 16.6 Å². The van der Waals surface area contributed by atoms with Gasteiger partial charge in [0.15, 0.2) is 0 Å². The number of carbonyl (C=O) groups excluding carboxylic acids is 1. The smallest absolute Gasteiger partial charge is 0.244 e. The lowest BCUT2D eigenvalue weighted by Gasteiger charge is -2.14. The number of furan rings is 1. The molecule has 2 rings (SSSR count). The van der Waals surface area contributed by atoms with Crippen molar-refractivity contribution in [3.63, 3.8) is 0 Å². The summed E-state index contributed by atoms with van der Waals surface area (Å²) in [7, 11) is 0. The van der Waals surface area contributed by atoms with Crippen LogP contribution in [0.5, 0.6) is 5.75 Å². The van der Waals surface area contributed by atoms with E-state index in [1.165, 1.54) is 0 Å². The number of fused-ring (bicyclic) bond motifs is 1. The van der Waals surface area contributed by atoms with Crippen LogP contribution in [-0.2, 0) is 9.53 Å². The fourth-order valence-corrected chi connectivity index (χ4v) is 3.16. The van der Waals surface area contributed by atoms with E-state index in [1.54, 1.807) is 6.08 Å². The summed E-state index contributed by atoms with van der Waals surface area (Å²) in [6.45, 7) is 15.7. The molecule has 5 heteroatoms. The Hall–Kier alpha value is -2.27. The van der Waals surface area contributed by atoms with Crippen LogP contribution in [0.1, 0.15) is 56.6 Å². The van der Waals surface area contributed by atoms with Crippen molar-refractivity contribution in [1.29, 1.82) is 0 Å². The number of ether oxygens (including phenoxy) is 2. The van der Waals surface area contributed by atoms with Gasteiger partial charge in [0, 0.05) is 35.7 Å². The summed E-state index contributed by atoms with van der Waals surface area (Å²) in [4.78, 5) is 12.3. The molecule has 0 aliphatic rings. The van der Waals surface area contributed by atoms with Gasteiger partial charge >= 0.3 is 0 Å². The second-order valence-electron chi connectivity index (χ2n) is 7.36. The number of aryl methyl sites for hydroxylation is 3. The normalized spacial score (nSPS) is 12.1. The molecular weight excluding hydrogens is 354 g/mol. The predicted molar refractivity (Wildman–Crippen MR) is 114 cm³/mol. The van der Waals surface area contributed by atoms with Crippen LogP contribution in [0, 0.1) is 20.8 Å². The van der Waals surface area contributed by atoms with Gasteiger partial charge in [-0.2, -0.15) is 0 Å². The molecule has 1 aromatic heterocycles. The molecule has 0 saturated carbocycles. The van der Waals surface area contributed by atoms with E-state index in [0.717, 1.165) is 51.2 Å². The third-order valence-electron chi connectivity index (χ3n) is 4.78. The highest BCUT2D eigenvalue weighted by Crippen LogP contribution is 2.38. The van der Waals surface area contributed by atoms with Crippen molar-refractivity contribution in [3.8, 4) is 5.75 Å². The number of amides is 1. The van der Waals surface area contributed by atoms with Crippen molar-refractivity contribution in [3.05, 3.63) is 34.6 Å². The summed E-state index contributed by atoms with van der Waals surface area (Å²) in [6.07, 6.45) is 2.64. The first kappa shape index (κ1) is 22.0. The zero-order chi connectivity index (χ0) is 20.8. The Bertz CT molecular complexity index is 861. The van der Waals surface area contributed by atoms with Crippen LogP contribution in [0.2, 0.25) is 0 Å².